The molecule has 0 saturated carbocycles. The molecule has 0 aliphatic heterocycles. The minimum absolute atomic E-state index is 0.135. The molecule has 0 aliphatic carbocycles. The lowest BCUT2D eigenvalue weighted by molar-refractivity contribution is -0.166. The van der Waals surface area contributed by atoms with Gasteiger partial charge in [0.15, 0.2) is 6.10 Å². The zero-order valence-corrected chi connectivity index (χ0v) is 44.7. The Labute approximate surface area is 429 Å². The Bertz CT molecular complexity index is 1580. The average Bonchev–Trinajstić information content (AvgIpc) is 3.36. The van der Waals surface area contributed by atoms with E-state index in [0.717, 1.165) is 109 Å². The predicted molar refractivity (Wildman–Crippen MR) is 302 cm³/mol. The number of allylic oxidation sites excluding steroid dienone is 24. The molecule has 0 aromatic heterocycles. The van der Waals surface area contributed by atoms with Crippen molar-refractivity contribution in [3.05, 3.63) is 146 Å². The van der Waals surface area contributed by atoms with E-state index in [1.165, 1.54) is 57.8 Å². The molecule has 0 radical (unpaired) electrons. The topological polar surface area (TPSA) is 78.9 Å². The molecule has 70 heavy (non-hydrogen) atoms. The number of carbonyl (C=O) groups is 3. The van der Waals surface area contributed by atoms with Gasteiger partial charge in [0.1, 0.15) is 13.2 Å². The van der Waals surface area contributed by atoms with Gasteiger partial charge in [-0.15, -0.1) is 0 Å². The smallest absolute Gasteiger partial charge is 0.306 e. The van der Waals surface area contributed by atoms with Crippen LogP contribution in [0, 0.1) is 0 Å². The number of hydrogen-bond acceptors (Lipinski definition) is 6. The van der Waals surface area contributed by atoms with Crippen molar-refractivity contribution in [3.63, 3.8) is 0 Å². The highest BCUT2D eigenvalue weighted by atomic mass is 16.6. The number of ether oxygens (including phenoxy) is 3. The summed E-state index contributed by atoms with van der Waals surface area (Å²) < 4.78 is 16.7. The first-order chi connectivity index (χ1) is 34.5. The Morgan fingerprint density at radius 2 is 0.600 bits per heavy atom. The summed E-state index contributed by atoms with van der Waals surface area (Å²) in [5, 5.41) is 0. The van der Waals surface area contributed by atoms with Gasteiger partial charge in [0.2, 0.25) is 0 Å². The molecule has 0 spiro atoms. The Hall–Kier alpha value is -4.71. The normalized spacial score (nSPS) is 13.2. The van der Waals surface area contributed by atoms with Crippen LogP contribution in [0.2, 0.25) is 0 Å². The van der Waals surface area contributed by atoms with E-state index < -0.39 is 6.10 Å². The van der Waals surface area contributed by atoms with Gasteiger partial charge in [-0.3, -0.25) is 14.4 Å². The molecule has 6 heteroatoms. The maximum absolute atomic E-state index is 12.8. The molecular weight excluding hydrogens is 865 g/mol. The van der Waals surface area contributed by atoms with E-state index in [4.69, 9.17) is 14.2 Å². The fraction of sp³-hybridized carbons (Fsp3) is 0.578. The number of rotatable bonds is 48. The summed E-state index contributed by atoms with van der Waals surface area (Å²) in [5.41, 5.74) is 0. The summed E-state index contributed by atoms with van der Waals surface area (Å²) in [6, 6.07) is 0. The molecule has 0 fully saturated rings. The number of hydrogen-bond donors (Lipinski definition) is 0. The van der Waals surface area contributed by atoms with Crippen LogP contribution in [0.1, 0.15) is 220 Å². The van der Waals surface area contributed by atoms with E-state index in [9.17, 15) is 14.4 Å². The van der Waals surface area contributed by atoms with Crippen molar-refractivity contribution in [2.75, 3.05) is 13.2 Å². The lowest BCUT2D eigenvalue weighted by atomic mass is 10.1. The number of unbranched alkanes of at least 4 members (excludes halogenated alkanes) is 13. The van der Waals surface area contributed by atoms with Crippen LogP contribution in [0.3, 0.4) is 0 Å². The molecule has 0 N–H and O–H groups in total. The minimum atomic E-state index is -0.847. The third kappa shape index (κ3) is 54.2. The van der Waals surface area contributed by atoms with Crippen molar-refractivity contribution < 1.29 is 28.6 Å². The SMILES string of the molecule is CC/C=C\C/C=C\C/C=C\C/C=C\C/C=C\CCC(=O)OCC(COC(=O)CCCCCCCC/C=C\C/C=C\C/C=C\C/C=C\CC)OC(=O)CCC/C=C\C/C=C\C/C=C\CCCCCCCC. The standard InChI is InChI=1S/C64H100O6/c1-4-7-10-13-16-19-22-25-28-31-32-34-36-39-42-45-48-51-54-57-63(66)69-60-61(59-68-62(65)56-53-50-47-44-41-38-35-30-27-24-21-18-15-12-9-6-3)70-64(67)58-55-52-49-46-43-40-37-33-29-26-23-20-17-14-11-8-5-2/h7,9-10,12,16,18-19,21,25-30,32,34,37-38,40-41,46-47,49-50,61H,4-6,8,11,13-15,17,20,22-24,31,33,35-36,39,42-45,48,51-60H2,1-3H3/b10-7-,12-9-,19-16-,21-18-,28-25-,29-26-,30-27-,34-32-,40-37-,41-38-,49-46-,50-47-. The molecule has 1 unspecified atom stereocenters. The van der Waals surface area contributed by atoms with E-state index in [1.807, 2.05) is 12.2 Å². The Balaban J connectivity index is 4.61. The van der Waals surface area contributed by atoms with Crippen molar-refractivity contribution in [2.24, 2.45) is 0 Å². The average molecular weight is 965 g/mol. The molecule has 0 rings (SSSR count). The summed E-state index contributed by atoms with van der Waals surface area (Å²) in [5.74, 6) is -1.10. The van der Waals surface area contributed by atoms with Crippen molar-refractivity contribution in [3.8, 4) is 0 Å². The van der Waals surface area contributed by atoms with Crippen LogP contribution in [0.5, 0.6) is 0 Å². The highest BCUT2D eigenvalue weighted by molar-refractivity contribution is 5.71. The molecular formula is C64H100O6. The third-order valence-corrected chi connectivity index (χ3v) is 11.1. The molecule has 1 atom stereocenters. The van der Waals surface area contributed by atoms with Crippen LogP contribution in [0.25, 0.3) is 0 Å². The summed E-state index contributed by atoms with van der Waals surface area (Å²) in [6.07, 6.45) is 81.4. The molecule has 6 nitrogen and oxygen atoms in total. The number of carbonyl (C=O) groups excluding carboxylic acids is 3. The van der Waals surface area contributed by atoms with Crippen molar-refractivity contribution >= 4 is 17.9 Å². The van der Waals surface area contributed by atoms with Crippen molar-refractivity contribution in [1.29, 1.82) is 0 Å². The van der Waals surface area contributed by atoms with Crippen LogP contribution in [0.4, 0.5) is 0 Å². The molecule has 0 heterocycles. The molecule has 0 aliphatic rings. The maximum atomic E-state index is 12.8. The quantitative estimate of drug-likeness (QED) is 0.0262. The van der Waals surface area contributed by atoms with Gasteiger partial charge in [0, 0.05) is 19.3 Å². The monoisotopic (exact) mass is 965 g/mol. The second-order valence-corrected chi connectivity index (χ2v) is 17.7. The first-order valence-electron chi connectivity index (χ1n) is 27.8. The van der Waals surface area contributed by atoms with Gasteiger partial charge in [-0.05, 0) is 122 Å². The molecule has 0 aromatic rings. The van der Waals surface area contributed by atoms with Gasteiger partial charge in [-0.2, -0.15) is 0 Å². The van der Waals surface area contributed by atoms with Gasteiger partial charge in [0.25, 0.3) is 0 Å². The fourth-order valence-corrected chi connectivity index (χ4v) is 6.97. The molecule has 392 valence electrons. The zero-order valence-electron chi connectivity index (χ0n) is 44.7. The van der Waals surface area contributed by atoms with E-state index in [1.54, 1.807) is 0 Å². The summed E-state index contributed by atoms with van der Waals surface area (Å²) in [4.78, 5) is 38.1. The Morgan fingerprint density at radius 3 is 1.00 bits per heavy atom. The predicted octanol–water partition coefficient (Wildman–Crippen LogP) is 18.8. The van der Waals surface area contributed by atoms with Gasteiger partial charge < -0.3 is 14.2 Å². The van der Waals surface area contributed by atoms with Crippen LogP contribution in [-0.4, -0.2) is 37.2 Å². The first kappa shape index (κ1) is 65.3. The van der Waals surface area contributed by atoms with Crippen LogP contribution in [0.15, 0.2) is 146 Å². The lowest BCUT2D eigenvalue weighted by Crippen LogP contribution is -2.30. The minimum Gasteiger partial charge on any atom is -0.462 e. The van der Waals surface area contributed by atoms with E-state index >= 15 is 0 Å². The van der Waals surface area contributed by atoms with Crippen LogP contribution in [-0.2, 0) is 28.6 Å². The summed E-state index contributed by atoms with van der Waals surface area (Å²) in [6.45, 7) is 6.27. The zero-order chi connectivity index (χ0) is 50.7. The maximum Gasteiger partial charge on any atom is 0.306 e. The van der Waals surface area contributed by atoms with E-state index in [2.05, 4.69) is 154 Å². The first-order valence-corrected chi connectivity index (χ1v) is 27.8. The second-order valence-electron chi connectivity index (χ2n) is 17.7. The largest absolute Gasteiger partial charge is 0.462 e. The van der Waals surface area contributed by atoms with Gasteiger partial charge in [0.05, 0.1) is 0 Å². The van der Waals surface area contributed by atoms with E-state index in [0.29, 0.717) is 19.3 Å². The van der Waals surface area contributed by atoms with E-state index in [-0.39, 0.29) is 44.0 Å². The Morgan fingerprint density at radius 1 is 0.300 bits per heavy atom. The molecule has 0 saturated heterocycles. The van der Waals surface area contributed by atoms with Gasteiger partial charge in [-0.1, -0.05) is 224 Å². The highest BCUT2D eigenvalue weighted by Crippen LogP contribution is 2.12. The number of esters is 3. The summed E-state index contributed by atoms with van der Waals surface area (Å²) >= 11 is 0. The summed E-state index contributed by atoms with van der Waals surface area (Å²) in [7, 11) is 0. The van der Waals surface area contributed by atoms with Gasteiger partial charge >= 0.3 is 17.9 Å². The third-order valence-electron chi connectivity index (χ3n) is 11.1. The van der Waals surface area contributed by atoms with Gasteiger partial charge in [-0.25, -0.2) is 0 Å². The molecule has 0 amide bonds. The van der Waals surface area contributed by atoms with Crippen molar-refractivity contribution in [1.82, 2.24) is 0 Å². The second kappa shape index (κ2) is 56.9. The van der Waals surface area contributed by atoms with Crippen molar-refractivity contribution in [2.45, 2.75) is 226 Å². The highest BCUT2D eigenvalue weighted by Gasteiger charge is 2.19. The fourth-order valence-electron chi connectivity index (χ4n) is 6.97. The molecule has 0 aromatic carbocycles. The lowest BCUT2D eigenvalue weighted by Gasteiger charge is -2.18. The Kier molecular flexibility index (Phi) is 53.0. The van der Waals surface area contributed by atoms with Crippen LogP contribution < -0.4 is 0 Å². The van der Waals surface area contributed by atoms with Crippen LogP contribution >= 0.6 is 0 Å². The molecule has 0 bridgehead atoms.